The van der Waals surface area contributed by atoms with E-state index in [0.29, 0.717) is 6.54 Å². The Kier molecular flexibility index (Phi) is 5.24. The third kappa shape index (κ3) is 3.65. The van der Waals surface area contributed by atoms with Crippen LogP contribution in [0.5, 0.6) is 0 Å². The first kappa shape index (κ1) is 20.0. The number of hydrogen-bond acceptors (Lipinski definition) is 4. The molecule has 2 heterocycles. The predicted molar refractivity (Wildman–Crippen MR) is 112 cm³/mol. The lowest BCUT2D eigenvalue weighted by Crippen LogP contribution is -2.53. The number of alkyl halides is 1. The van der Waals surface area contributed by atoms with Gasteiger partial charge in [0.25, 0.3) is 5.91 Å². The zero-order valence-electron chi connectivity index (χ0n) is 16.7. The van der Waals surface area contributed by atoms with Gasteiger partial charge >= 0.3 is 5.97 Å². The van der Waals surface area contributed by atoms with Gasteiger partial charge in [-0.05, 0) is 43.9 Å². The Morgan fingerprint density at radius 2 is 2.03 bits per heavy atom. The van der Waals surface area contributed by atoms with Gasteiger partial charge in [0.05, 0.1) is 16.9 Å². The maximum absolute atomic E-state index is 15.2. The maximum Gasteiger partial charge on any atom is 0.339 e. The number of para-hydroxylation sites is 1. The molecule has 1 amide bonds. The molecule has 158 valence electrons. The number of rotatable bonds is 8. The van der Waals surface area contributed by atoms with Crippen molar-refractivity contribution in [3.05, 3.63) is 60.6 Å². The van der Waals surface area contributed by atoms with Crippen molar-refractivity contribution in [2.75, 3.05) is 10.3 Å². The number of carbonyl (C=O) groups is 2. The molecule has 0 spiro atoms. The molecule has 2 aromatic rings. The second-order valence-corrected chi connectivity index (χ2v) is 7.78. The number of hydrazine groups is 1. The van der Waals surface area contributed by atoms with E-state index in [1.54, 1.807) is 10.8 Å². The summed E-state index contributed by atoms with van der Waals surface area (Å²) in [5.74, 6) is -1.76. The summed E-state index contributed by atoms with van der Waals surface area (Å²) in [6, 6.07) is 9.63. The summed E-state index contributed by atoms with van der Waals surface area (Å²) in [7, 11) is 0. The van der Waals surface area contributed by atoms with Gasteiger partial charge < -0.3 is 20.4 Å². The first-order valence-corrected chi connectivity index (χ1v) is 10.1. The van der Waals surface area contributed by atoms with Crippen molar-refractivity contribution in [2.24, 2.45) is 5.92 Å². The smallest absolute Gasteiger partial charge is 0.339 e. The number of anilines is 2. The van der Waals surface area contributed by atoms with Gasteiger partial charge in [0.15, 0.2) is 6.17 Å². The number of halogens is 1. The fourth-order valence-corrected chi connectivity index (χ4v) is 4.12. The molecular formula is C22H25FN4O3. The molecular weight excluding hydrogens is 387 g/mol. The van der Waals surface area contributed by atoms with Crippen LogP contribution < -0.4 is 15.8 Å². The number of aromatic nitrogens is 1. The van der Waals surface area contributed by atoms with Crippen molar-refractivity contribution in [1.29, 1.82) is 0 Å². The molecule has 30 heavy (non-hydrogen) atoms. The highest BCUT2D eigenvalue weighted by Gasteiger charge is 2.52. The standard InChI is InChI=1S/C22H25FN4O3/c1-2-26-13-17(21(29)30)19(14-26)25-20(28)18(23)12-22(15-8-9-15)10-11-24-27(22)16-6-4-3-5-7-16/h3-7,10-11,13-15,18,24H,2,8-9,12H2,1H3,(H,25,28)(H,29,30). The minimum absolute atomic E-state index is 0.0290. The molecule has 7 nitrogen and oxygen atoms in total. The molecule has 1 aliphatic heterocycles. The van der Waals surface area contributed by atoms with Crippen LogP contribution in [0.2, 0.25) is 0 Å². The quantitative estimate of drug-likeness (QED) is 0.617. The van der Waals surface area contributed by atoms with Gasteiger partial charge in [0.1, 0.15) is 5.56 Å². The van der Waals surface area contributed by atoms with E-state index in [-0.39, 0.29) is 23.6 Å². The molecule has 0 saturated heterocycles. The molecule has 3 N–H and O–H groups in total. The number of aryl methyl sites for hydroxylation is 1. The fraction of sp³-hybridized carbons (Fsp3) is 0.364. The highest BCUT2D eigenvalue weighted by Crippen LogP contribution is 2.49. The maximum atomic E-state index is 15.2. The third-order valence-corrected chi connectivity index (χ3v) is 5.81. The van der Waals surface area contributed by atoms with E-state index >= 15 is 4.39 Å². The molecule has 1 aromatic heterocycles. The highest BCUT2D eigenvalue weighted by atomic mass is 19.1. The number of amides is 1. The molecule has 2 unspecified atom stereocenters. The summed E-state index contributed by atoms with van der Waals surface area (Å²) < 4.78 is 16.9. The summed E-state index contributed by atoms with van der Waals surface area (Å²) in [6.45, 7) is 2.40. The molecule has 0 bridgehead atoms. The minimum atomic E-state index is -1.80. The summed E-state index contributed by atoms with van der Waals surface area (Å²) >= 11 is 0. The van der Waals surface area contributed by atoms with Gasteiger partial charge in [-0.1, -0.05) is 18.2 Å². The molecule has 2 atom stereocenters. The van der Waals surface area contributed by atoms with Crippen molar-refractivity contribution in [3.63, 3.8) is 0 Å². The number of benzene rings is 1. The first-order chi connectivity index (χ1) is 14.4. The third-order valence-electron chi connectivity index (χ3n) is 5.81. The second-order valence-electron chi connectivity index (χ2n) is 7.78. The number of carboxylic acids is 1. The van der Waals surface area contributed by atoms with Crippen LogP contribution in [0.25, 0.3) is 0 Å². The number of nitrogens with zero attached hydrogens (tertiary/aromatic N) is 2. The van der Waals surface area contributed by atoms with Crippen LogP contribution in [0.4, 0.5) is 15.8 Å². The molecule has 1 aliphatic carbocycles. The van der Waals surface area contributed by atoms with Crippen molar-refractivity contribution in [2.45, 2.75) is 44.4 Å². The van der Waals surface area contributed by atoms with Gasteiger partial charge in [-0.15, -0.1) is 0 Å². The van der Waals surface area contributed by atoms with E-state index in [2.05, 4.69) is 10.7 Å². The fourth-order valence-electron chi connectivity index (χ4n) is 4.12. The Bertz CT molecular complexity index is 970. The Morgan fingerprint density at radius 1 is 1.30 bits per heavy atom. The van der Waals surface area contributed by atoms with E-state index in [9.17, 15) is 14.7 Å². The molecule has 0 radical (unpaired) electrons. The van der Waals surface area contributed by atoms with E-state index < -0.39 is 23.6 Å². The Balaban J connectivity index is 1.54. The van der Waals surface area contributed by atoms with Gasteiger partial charge in [-0.25, -0.2) is 9.18 Å². The second kappa shape index (κ2) is 7.85. The van der Waals surface area contributed by atoms with Crippen LogP contribution in [-0.4, -0.2) is 33.3 Å². The van der Waals surface area contributed by atoms with Crippen LogP contribution in [0.15, 0.2) is 55.0 Å². The predicted octanol–water partition coefficient (Wildman–Crippen LogP) is 3.56. The normalized spacial score (nSPS) is 21.3. The van der Waals surface area contributed by atoms with Crippen LogP contribution >= 0.6 is 0 Å². The average Bonchev–Trinajstić information content (AvgIpc) is 3.39. The minimum Gasteiger partial charge on any atom is -0.478 e. The molecule has 4 rings (SSSR count). The summed E-state index contributed by atoms with van der Waals surface area (Å²) in [6.07, 6.45) is 6.77. The number of hydrogen-bond donors (Lipinski definition) is 3. The molecule has 1 aromatic carbocycles. The van der Waals surface area contributed by atoms with Crippen LogP contribution in [0.3, 0.4) is 0 Å². The van der Waals surface area contributed by atoms with Crippen molar-refractivity contribution in [3.8, 4) is 0 Å². The van der Waals surface area contributed by atoms with E-state index in [0.717, 1.165) is 18.5 Å². The van der Waals surface area contributed by atoms with Gasteiger partial charge in [0.2, 0.25) is 0 Å². The highest BCUT2D eigenvalue weighted by molar-refractivity contribution is 6.01. The Morgan fingerprint density at radius 3 is 2.67 bits per heavy atom. The summed E-state index contributed by atoms with van der Waals surface area (Å²) in [5, 5.41) is 13.8. The molecule has 1 fully saturated rings. The first-order valence-electron chi connectivity index (χ1n) is 10.1. The van der Waals surface area contributed by atoms with Gasteiger partial charge in [-0.2, -0.15) is 0 Å². The van der Waals surface area contributed by atoms with Crippen LogP contribution in [0.1, 0.15) is 36.5 Å². The number of carbonyl (C=O) groups excluding carboxylic acids is 1. The van der Waals surface area contributed by atoms with Crippen molar-refractivity contribution in [1.82, 2.24) is 9.99 Å². The zero-order chi connectivity index (χ0) is 21.3. The monoisotopic (exact) mass is 412 g/mol. The van der Waals surface area contributed by atoms with Gasteiger partial charge in [0, 0.05) is 31.6 Å². The molecule has 2 aliphatic rings. The lowest BCUT2D eigenvalue weighted by Gasteiger charge is -2.40. The Hall–Kier alpha value is -3.29. The summed E-state index contributed by atoms with van der Waals surface area (Å²) in [5.41, 5.74) is 3.49. The largest absolute Gasteiger partial charge is 0.478 e. The molecule has 8 heteroatoms. The average molecular weight is 412 g/mol. The number of aromatic carboxylic acids is 1. The number of carboxylic acid groups (broad SMARTS) is 1. The van der Waals surface area contributed by atoms with E-state index in [1.807, 2.05) is 48.3 Å². The lowest BCUT2D eigenvalue weighted by atomic mass is 9.86. The van der Waals surface area contributed by atoms with E-state index in [1.165, 1.54) is 12.4 Å². The zero-order valence-corrected chi connectivity index (χ0v) is 16.7. The SMILES string of the molecule is CCn1cc(NC(=O)C(F)CC2(C3CC3)C=CNN2c2ccccc2)c(C(=O)O)c1. The van der Waals surface area contributed by atoms with E-state index in [4.69, 9.17) is 0 Å². The van der Waals surface area contributed by atoms with Crippen molar-refractivity contribution >= 4 is 23.3 Å². The van der Waals surface area contributed by atoms with Crippen LogP contribution in [-0.2, 0) is 11.3 Å². The van der Waals surface area contributed by atoms with Gasteiger partial charge in [-0.3, -0.25) is 9.80 Å². The topological polar surface area (TPSA) is 86.6 Å². The summed E-state index contributed by atoms with van der Waals surface area (Å²) in [4.78, 5) is 24.1. The lowest BCUT2D eigenvalue weighted by molar-refractivity contribution is -0.121. The Labute approximate surface area is 174 Å². The van der Waals surface area contributed by atoms with Crippen molar-refractivity contribution < 1.29 is 19.1 Å². The van der Waals surface area contributed by atoms with Crippen LogP contribution in [0, 0.1) is 5.92 Å². The number of nitrogens with one attached hydrogen (secondary N) is 2. The molecule has 1 saturated carbocycles.